The first kappa shape index (κ1) is 10.7. The number of rotatable bonds is 5. The van der Waals surface area contributed by atoms with Gasteiger partial charge >= 0.3 is 0 Å². The first-order valence-electron chi connectivity index (χ1n) is 4.39. The summed E-state index contributed by atoms with van der Waals surface area (Å²) in [4.78, 5) is 3.57. The lowest BCUT2D eigenvalue weighted by Gasteiger charge is -2.19. The van der Waals surface area contributed by atoms with Gasteiger partial charge in [-0.1, -0.05) is 6.07 Å². The quantitative estimate of drug-likeness (QED) is 0.724. The topological polar surface area (TPSA) is 55.3 Å². The Bertz CT molecular complexity index is 223. The Hall–Kier alpha value is -0.420. The molecule has 0 aromatic carbocycles. The molecule has 0 amide bonds. The summed E-state index contributed by atoms with van der Waals surface area (Å²) in [6, 6.07) is 4.29. The number of nitrogens with zero attached hydrogens (tertiary/aromatic N) is 1. The second-order valence-corrected chi connectivity index (χ2v) is 4.30. The SMILES string of the molecule is CN(Cc1cccs1)CC(N)CN. The summed E-state index contributed by atoms with van der Waals surface area (Å²) in [6.45, 7) is 2.37. The predicted molar refractivity (Wildman–Crippen MR) is 57.7 cm³/mol. The van der Waals surface area contributed by atoms with Crippen molar-refractivity contribution in [2.75, 3.05) is 20.1 Å². The molecular weight excluding hydrogens is 182 g/mol. The van der Waals surface area contributed by atoms with Crippen LogP contribution in [0.1, 0.15) is 4.88 Å². The van der Waals surface area contributed by atoms with E-state index in [0.29, 0.717) is 6.54 Å². The van der Waals surface area contributed by atoms with E-state index < -0.39 is 0 Å². The molecule has 0 aliphatic carbocycles. The molecule has 0 fully saturated rings. The molecule has 0 bridgehead atoms. The summed E-state index contributed by atoms with van der Waals surface area (Å²) in [6.07, 6.45) is 0. The van der Waals surface area contributed by atoms with Crippen molar-refractivity contribution in [3.05, 3.63) is 22.4 Å². The Balaban J connectivity index is 2.29. The van der Waals surface area contributed by atoms with Crippen LogP contribution in [0.5, 0.6) is 0 Å². The average Bonchev–Trinajstić information content (AvgIpc) is 2.56. The van der Waals surface area contributed by atoms with E-state index in [9.17, 15) is 0 Å². The van der Waals surface area contributed by atoms with Crippen LogP contribution in [0.2, 0.25) is 0 Å². The third-order valence-electron chi connectivity index (χ3n) is 1.85. The Morgan fingerprint density at radius 3 is 2.92 bits per heavy atom. The van der Waals surface area contributed by atoms with Gasteiger partial charge in [-0.25, -0.2) is 0 Å². The Kier molecular flexibility index (Phi) is 4.38. The highest BCUT2D eigenvalue weighted by Gasteiger charge is 2.05. The molecule has 0 saturated heterocycles. The van der Waals surface area contributed by atoms with Gasteiger partial charge in [-0.2, -0.15) is 0 Å². The molecule has 0 aliphatic rings. The van der Waals surface area contributed by atoms with E-state index in [1.54, 1.807) is 11.3 Å². The molecule has 1 aromatic rings. The molecule has 1 rings (SSSR count). The van der Waals surface area contributed by atoms with Gasteiger partial charge in [0.15, 0.2) is 0 Å². The monoisotopic (exact) mass is 199 g/mol. The number of hydrogen-bond acceptors (Lipinski definition) is 4. The van der Waals surface area contributed by atoms with Gasteiger partial charge in [0.25, 0.3) is 0 Å². The number of hydrogen-bond donors (Lipinski definition) is 2. The van der Waals surface area contributed by atoms with Crippen molar-refractivity contribution in [3.8, 4) is 0 Å². The highest BCUT2D eigenvalue weighted by Crippen LogP contribution is 2.10. The van der Waals surface area contributed by atoms with Gasteiger partial charge in [0.2, 0.25) is 0 Å². The van der Waals surface area contributed by atoms with Crippen molar-refractivity contribution < 1.29 is 0 Å². The lowest BCUT2D eigenvalue weighted by Crippen LogP contribution is -2.40. The Labute approximate surface area is 83.3 Å². The molecule has 0 aliphatic heterocycles. The molecule has 4 heteroatoms. The van der Waals surface area contributed by atoms with E-state index in [1.807, 2.05) is 0 Å². The Morgan fingerprint density at radius 2 is 2.38 bits per heavy atom. The first-order chi connectivity index (χ1) is 6.22. The highest BCUT2D eigenvalue weighted by molar-refractivity contribution is 7.09. The van der Waals surface area contributed by atoms with Crippen molar-refractivity contribution in [1.82, 2.24) is 4.90 Å². The summed E-state index contributed by atoms with van der Waals surface area (Å²) >= 11 is 1.77. The number of nitrogens with two attached hydrogens (primary N) is 2. The molecule has 0 spiro atoms. The maximum absolute atomic E-state index is 5.74. The molecule has 74 valence electrons. The van der Waals surface area contributed by atoms with Crippen molar-refractivity contribution >= 4 is 11.3 Å². The summed E-state index contributed by atoms with van der Waals surface area (Å²) in [5.41, 5.74) is 11.2. The molecule has 0 radical (unpaired) electrons. The molecule has 4 N–H and O–H groups in total. The third kappa shape index (κ3) is 3.87. The maximum atomic E-state index is 5.74. The van der Waals surface area contributed by atoms with Gasteiger partial charge in [-0.15, -0.1) is 11.3 Å². The molecule has 1 atom stereocenters. The lowest BCUT2D eigenvalue weighted by atomic mass is 10.3. The van der Waals surface area contributed by atoms with Gasteiger partial charge in [0, 0.05) is 30.6 Å². The largest absolute Gasteiger partial charge is 0.329 e. The zero-order valence-corrected chi connectivity index (χ0v) is 8.76. The molecule has 13 heavy (non-hydrogen) atoms. The van der Waals surface area contributed by atoms with E-state index in [0.717, 1.165) is 13.1 Å². The van der Waals surface area contributed by atoms with Gasteiger partial charge in [0.05, 0.1) is 0 Å². The van der Waals surface area contributed by atoms with E-state index in [-0.39, 0.29) is 6.04 Å². The molecule has 0 saturated carbocycles. The van der Waals surface area contributed by atoms with Crippen LogP contribution in [-0.4, -0.2) is 31.1 Å². The smallest absolute Gasteiger partial charge is 0.0325 e. The van der Waals surface area contributed by atoms with Crippen molar-refractivity contribution in [3.63, 3.8) is 0 Å². The first-order valence-corrected chi connectivity index (χ1v) is 5.27. The zero-order chi connectivity index (χ0) is 9.68. The summed E-state index contributed by atoms with van der Waals surface area (Å²) in [5, 5.41) is 2.09. The fraction of sp³-hybridized carbons (Fsp3) is 0.556. The van der Waals surface area contributed by atoms with Gasteiger partial charge in [0.1, 0.15) is 0 Å². The highest BCUT2D eigenvalue weighted by atomic mass is 32.1. The molecule has 1 heterocycles. The fourth-order valence-corrected chi connectivity index (χ4v) is 1.99. The summed E-state index contributed by atoms with van der Waals surface area (Å²) < 4.78 is 0. The fourth-order valence-electron chi connectivity index (χ4n) is 1.21. The van der Waals surface area contributed by atoms with Crippen molar-refractivity contribution in [1.29, 1.82) is 0 Å². The summed E-state index contributed by atoms with van der Waals surface area (Å²) in [7, 11) is 2.06. The normalized spacial score (nSPS) is 13.5. The van der Waals surface area contributed by atoms with E-state index in [1.165, 1.54) is 4.88 Å². The van der Waals surface area contributed by atoms with Crippen LogP contribution in [0.3, 0.4) is 0 Å². The van der Waals surface area contributed by atoms with E-state index >= 15 is 0 Å². The van der Waals surface area contributed by atoms with Crippen molar-refractivity contribution in [2.45, 2.75) is 12.6 Å². The standard InChI is InChI=1S/C9H17N3S/c1-12(6-8(11)5-10)7-9-3-2-4-13-9/h2-4,8H,5-7,10-11H2,1H3. The zero-order valence-electron chi connectivity index (χ0n) is 7.94. The molecule has 3 nitrogen and oxygen atoms in total. The van der Waals surface area contributed by atoms with Crippen LogP contribution < -0.4 is 11.5 Å². The minimum absolute atomic E-state index is 0.0879. The lowest BCUT2D eigenvalue weighted by molar-refractivity contribution is 0.308. The van der Waals surface area contributed by atoms with Gasteiger partial charge in [-0.05, 0) is 18.5 Å². The van der Waals surface area contributed by atoms with Crippen LogP contribution in [0.25, 0.3) is 0 Å². The maximum Gasteiger partial charge on any atom is 0.0325 e. The van der Waals surface area contributed by atoms with E-state index in [4.69, 9.17) is 11.5 Å². The van der Waals surface area contributed by atoms with Crippen LogP contribution in [0, 0.1) is 0 Å². The van der Waals surface area contributed by atoms with Crippen LogP contribution in [0.4, 0.5) is 0 Å². The van der Waals surface area contributed by atoms with Crippen molar-refractivity contribution in [2.24, 2.45) is 11.5 Å². The third-order valence-corrected chi connectivity index (χ3v) is 2.72. The molecular formula is C9H17N3S. The predicted octanol–water partition coefficient (Wildman–Crippen LogP) is 0.466. The van der Waals surface area contributed by atoms with Crippen LogP contribution >= 0.6 is 11.3 Å². The van der Waals surface area contributed by atoms with Gasteiger partial charge < -0.3 is 11.5 Å². The summed E-state index contributed by atoms with van der Waals surface area (Å²) in [5.74, 6) is 0. The molecule has 1 unspecified atom stereocenters. The minimum Gasteiger partial charge on any atom is -0.329 e. The van der Waals surface area contributed by atoms with Crippen LogP contribution in [0.15, 0.2) is 17.5 Å². The van der Waals surface area contributed by atoms with Gasteiger partial charge in [-0.3, -0.25) is 4.90 Å². The Morgan fingerprint density at radius 1 is 1.62 bits per heavy atom. The second-order valence-electron chi connectivity index (χ2n) is 3.27. The molecule has 1 aromatic heterocycles. The number of thiophene rings is 1. The number of likely N-dealkylation sites (N-methyl/N-ethyl adjacent to an activating group) is 1. The second kappa shape index (κ2) is 5.34. The average molecular weight is 199 g/mol. The van der Waals surface area contributed by atoms with Crippen LogP contribution in [-0.2, 0) is 6.54 Å². The minimum atomic E-state index is 0.0879. The van der Waals surface area contributed by atoms with E-state index in [2.05, 4.69) is 29.5 Å².